The van der Waals surface area contributed by atoms with Crippen LogP contribution in [0.25, 0.3) is 0 Å². The fourth-order valence-electron chi connectivity index (χ4n) is 5.18. The average Bonchev–Trinajstić information content (AvgIpc) is 2.95. The average molecular weight is 653 g/mol. The van der Waals surface area contributed by atoms with Crippen LogP contribution in [0.3, 0.4) is 0 Å². The molecule has 12 nitrogen and oxygen atoms in total. The van der Waals surface area contributed by atoms with Crippen LogP contribution in [0.1, 0.15) is 40.5 Å². The number of ketones is 2. The second-order valence-corrected chi connectivity index (χ2v) is 11.7. The second kappa shape index (κ2) is 18.6. The summed E-state index contributed by atoms with van der Waals surface area (Å²) in [5.74, 6) is -2.06. The Labute approximate surface area is 272 Å². The Kier molecular flexibility index (Phi) is 16.4. The summed E-state index contributed by atoms with van der Waals surface area (Å²) in [5, 5.41) is 17.0. The van der Waals surface area contributed by atoms with Gasteiger partial charge in [-0.2, -0.15) is 0 Å². The molecule has 0 spiro atoms. The minimum absolute atomic E-state index is 0. The van der Waals surface area contributed by atoms with Crippen LogP contribution >= 0.6 is 12.4 Å². The van der Waals surface area contributed by atoms with Gasteiger partial charge in [0.2, 0.25) is 11.6 Å². The smallest absolute Gasteiger partial charge is 0.405 e. The first-order valence-corrected chi connectivity index (χ1v) is 14.7. The zero-order valence-corrected chi connectivity index (χ0v) is 28.2. The van der Waals surface area contributed by atoms with Gasteiger partial charge in [-0.25, -0.2) is 4.79 Å². The number of amides is 2. The summed E-state index contributed by atoms with van der Waals surface area (Å²) in [5.41, 5.74) is 6.55. The van der Waals surface area contributed by atoms with Crippen molar-refractivity contribution < 1.29 is 38.5 Å². The zero-order chi connectivity index (χ0) is 33.1. The lowest BCUT2D eigenvalue weighted by Crippen LogP contribution is -2.38. The first-order chi connectivity index (χ1) is 20.7. The number of carbonyl (C=O) groups excluding carboxylic acids is 4. The van der Waals surface area contributed by atoms with Crippen molar-refractivity contribution in [3.05, 3.63) is 58.5 Å². The predicted molar refractivity (Wildman–Crippen MR) is 173 cm³/mol. The Balaban J connectivity index is 0.0000101. The Bertz CT molecular complexity index is 1240. The van der Waals surface area contributed by atoms with Crippen LogP contribution in [-0.2, 0) is 28.6 Å². The third-order valence-electron chi connectivity index (χ3n) is 7.65. The molecule has 2 amide bonds. The van der Waals surface area contributed by atoms with E-state index in [1.54, 1.807) is 32.1 Å². The van der Waals surface area contributed by atoms with Gasteiger partial charge < -0.3 is 40.6 Å². The number of hydrogen-bond acceptors (Lipinski definition) is 10. The molecule has 1 aliphatic heterocycles. The number of nitrogens with zero attached hydrogens (tertiary/aromatic N) is 1. The standard InChI is InChI=1S/C32H48N4O8.ClH/c1-18-14-22-27(34-12-13-36(5)6)24(37)17-23(29(22)39)35-31(40)19(2)10-9-11-25(42-7)30(44-32(33)41)21(4)16-20(3)28(38)26(15-18)43-8;/h9-11,16-18,20,25-26,28,30,34,38H,12-15H2,1-8H3,(H2,33,41)(H,35,40);1H/b11-9-,19-10+,21-16+;/t18-,20+,25+,26+,28+,30+;/m1./s1. The van der Waals surface area contributed by atoms with E-state index in [-0.39, 0.29) is 47.3 Å². The van der Waals surface area contributed by atoms with Gasteiger partial charge in [0.25, 0.3) is 5.91 Å². The van der Waals surface area contributed by atoms with Crippen molar-refractivity contribution in [3.63, 3.8) is 0 Å². The van der Waals surface area contributed by atoms with Gasteiger partial charge in [0.05, 0.1) is 23.6 Å². The largest absolute Gasteiger partial charge is 0.439 e. The van der Waals surface area contributed by atoms with Crippen LogP contribution in [0.5, 0.6) is 0 Å². The van der Waals surface area contributed by atoms with Gasteiger partial charge in [-0.15, -0.1) is 12.4 Å². The summed E-state index contributed by atoms with van der Waals surface area (Å²) in [6.07, 6.45) is 3.88. The highest BCUT2D eigenvalue weighted by atomic mass is 35.5. The fraction of sp³-hybridized carbons (Fsp3) is 0.562. The topological polar surface area (TPSA) is 170 Å². The number of nitrogens with two attached hydrogens (primary N) is 1. The molecule has 2 rings (SSSR count). The third kappa shape index (κ3) is 11.5. The third-order valence-corrected chi connectivity index (χ3v) is 7.65. The van der Waals surface area contributed by atoms with Crippen molar-refractivity contribution in [2.24, 2.45) is 17.6 Å². The van der Waals surface area contributed by atoms with Crippen molar-refractivity contribution in [1.82, 2.24) is 15.5 Å². The lowest BCUT2D eigenvalue weighted by Gasteiger charge is -2.30. The van der Waals surface area contributed by atoms with Crippen molar-refractivity contribution in [1.29, 1.82) is 0 Å². The van der Waals surface area contributed by atoms with E-state index in [0.717, 1.165) is 6.08 Å². The summed E-state index contributed by atoms with van der Waals surface area (Å²) in [7, 11) is 6.74. The molecule has 1 aliphatic carbocycles. The lowest BCUT2D eigenvalue weighted by molar-refractivity contribution is -0.120. The van der Waals surface area contributed by atoms with Crippen molar-refractivity contribution >= 4 is 36.0 Å². The molecule has 1 heterocycles. The van der Waals surface area contributed by atoms with Crippen molar-refractivity contribution in [2.45, 2.75) is 65.0 Å². The molecular weight excluding hydrogens is 604 g/mol. The van der Waals surface area contributed by atoms with E-state index in [4.69, 9.17) is 19.9 Å². The van der Waals surface area contributed by atoms with Crippen LogP contribution in [0.2, 0.25) is 0 Å². The Morgan fingerprint density at radius 2 is 1.82 bits per heavy atom. The normalized spacial score (nSPS) is 30.3. The van der Waals surface area contributed by atoms with Gasteiger partial charge in [-0.3, -0.25) is 14.4 Å². The molecule has 0 unspecified atom stereocenters. The highest BCUT2D eigenvalue weighted by Crippen LogP contribution is 2.28. The lowest BCUT2D eigenvalue weighted by atomic mass is 9.85. The maximum Gasteiger partial charge on any atom is 0.405 e. The molecule has 0 radical (unpaired) electrons. The van der Waals surface area contributed by atoms with Gasteiger partial charge in [0, 0.05) is 50.4 Å². The molecule has 5 N–H and O–H groups in total. The van der Waals surface area contributed by atoms with Crippen molar-refractivity contribution in [3.8, 4) is 0 Å². The van der Waals surface area contributed by atoms with E-state index in [9.17, 15) is 24.3 Å². The molecule has 45 heavy (non-hydrogen) atoms. The Hall–Kier alpha value is -3.29. The summed E-state index contributed by atoms with van der Waals surface area (Å²) in [6.45, 7) is 8.09. The molecule has 252 valence electrons. The Morgan fingerprint density at radius 3 is 2.40 bits per heavy atom. The van der Waals surface area contributed by atoms with E-state index in [0.29, 0.717) is 25.1 Å². The first-order valence-electron chi connectivity index (χ1n) is 14.7. The number of nitrogens with one attached hydrogen (secondary N) is 2. The number of fused-ring (bicyclic) bond motifs is 2. The van der Waals surface area contributed by atoms with Gasteiger partial charge in [0.1, 0.15) is 6.10 Å². The summed E-state index contributed by atoms with van der Waals surface area (Å²) in [4.78, 5) is 53.7. The highest BCUT2D eigenvalue weighted by molar-refractivity contribution is 6.23. The Morgan fingerprint density at radius 1 is 1.16 bits per heavy atom. The quantitative estimate of drug-likeness (QED) is 0.237. The highest BCUT2D eigenvalue weighted by Gasteiger charge is 2.33. The number of carbonyl (C=O) groups is 4. The number of Topliss-reactive ketones (excluding diaryl/α,β-unsaturated/α-hetero) is 1. The number of aliphatic hydroxyl groups excluding tert-OH is 1. The number of methoxy groups -OCH3 is 2. The molecular formula is C32H49ClN4O8. The predicted octanol–water partition coefficient (Wildman–Crippen LogP) is 2.34. The zero-order valence-electron chi connectivity index (χ0n) is 27.4. The van der Waals surface area contributed by atoms with Gasteiger partial charge in [0.15, 0.2) is 6.10 Å². The molecule has 0 saturated carbocycles. The van der Waals surface area contributed by atoms with Crippen molar-refractivity contribution in [2.75, 3.05) is 41.4 Å². The maximum absolute atomic E-state index is 13.7. The van der Waals surface area contributed by atoms with Gasteiger partial charge in [-0.1, -0.05) is 38.2 Å². The number of likely N-dealkylation sites (N-methyl/N-ethyl adjacent to an activating group) is 1. The molecule has 0 aromatic carbocycles. The number of hydrogen-bond donors (Lipinski definition) is 4. The summed E-state index contributed by atoms with van der Waals surface area (Å²) >= 11 is 0. The molecule has 0 aromatic heterocycles. The first kappa shape index (κ1) is 39.7. The number of rotatable bonds is 7. The maximum atomic E-state index is 13.7. The number of ether oxygens (including phenoxy) is 3. The van der Waals surface area contributed by atoms with Crippen LogP contribution in [0.4, 0.5) is 4.79 Å². The number of halogens is 1. The van der Waals surface area contributed by atoms with Gasteiger partial charge in [-0.05, 0) is 52.3 Å². The number of allylic oxidation sites excluding steroid dienone is 4. The fourth-order valence-corrected chi connectivity index (χ4v) is 5.18. The SMILES string of the molecule is CO[C@H]1/C=C\C=C(/C)C(=O)NC2=CC(=O)C(NCCN(C)C)=C(C[C@@H](C)C[C@H](OC)[C@@H](O)[C@@H](C)/C=C(\C)[C@@H]1OC(N)=O)C2=O.Cl. The summed E-state index contributed by atoms with van der Waals surface area (Å²) < 4.78 is 16.6. The van der Waals surface area contributed by atoms with E-state index in [1.807, 2.05) is 32.8 Å². The molecule has 0 fully saturated rings. The van der Waals surface area contributed by atoms with Crippen LogP contribution in [-0.4, -0.2) is 99.4 Å². The van der Waals surface area contributed by atoms with Crippen LogP contribution in [0.15, 0.2) is 58.5 Å². The molecule has 0 saturated heterocycles. The molecule has 13 heteroatoms. The van der Waals surface area contributed by atoms with E-state index in [1.165, 1.54) is 20.3 Å². The number of aliphatic hydroxyl groups is 1. The number of primary amides is 1. The van der Waals surface area contributed by atoms with Crippen LogP contribution < -0.4 is 16.4 Å². The second-order valence-electron chi connectivity index (χ2n) is 11.7. The van der Waals surface area contributed by atoms with Crippen LogP contribution in [0, 0.1) is 11.8 Å². The molecule has 6 atom stereocenters. The minimum atomic E-state index is -0.997. The van der Waals surface area contributed by atoms with E-state index >= 15 is 0 Å². The minimum Gasteiger partial charge on any atom is -0.439 e. The molecule has 0 aromatic rings. The monoisotopic (exact) mass is 652 g/mol. The molecule has 2 aliphatic rings. The van der Waals surface area contributed by atoms with Gasteiger partial charge >= 0.3 is 6.09 Å². The summed E-state index contributed by atoms with van der Waals surface area (Å²) in [6, 6.07) is 0. The van der Waals surface area contributed by atoms with E-state index in [2.05, 4.69) is 10.6 Å². The van der Waals surface area contributed by atoms with E-state index < -0.39 is 53.9 Å². The molecule has 2 bridgehead atoms.